The monoisotopic (exact) mass is 290 g/mol. The molecular formula is C11H16ClFN4O2. The van der Waals surface area contributed by atoms with Gasteiger partial charge < -0.3 is 26.8 Å². The molecule has 0 heterocycles. The number of methoxy groups -OCH3 is 1. The van der Waals surface area contributed by atoms with Crippen molar-refractivity contribution in [3.63, 3.8) is 0 Å². The summed E-state index contributed by atoms with van der Waals surface area (Å²) < 4.78 is 18.5. The average molecular weight is 291 g/mol. The zero-order chi connectivity index (χ0) is 14.4. The minimum Gasteiger partial charge on any atom is -0.397 e. The Balaban J connectivity index is 2.63. The van der Waals surface area contributed by atoms with Gasteiger partial charge in [0.15, 0.2) is 5.82 Å². The fraction of sp³-hybridized carbons (Fsp3) is 0.364. The van der Waals surface area contributed by atoms with Crippen molar-refractivity contribution in [2.45, 2.75) is 0 Å². The van der Waals surface area contributed by atoms with Crippen LogP contribution in [0.5, 0.6) is 0 Å². The van der Waals surface area contributed by atoms with Gasteiger partial charge in [-0.2, -0.15) is 0 Å². The molecular weight excluding hydrogens is 275 g/mol. The highest BCUT2D eigenvalue weighted by Crippen LogP contribution is 2.33. The standard InChI is InChI=1S/C11H16ClFN4O2/c1-19-3-2-16-8(18)5-17-11-7(15)4-6(14)9(12)10(11)13/h4,17H,2-3,5,14-15H2,1H3,(H,16,18). The molecule has 0 spiro atoms. The minimum absolute atomic E-state index is 0.0407. The highest BCUT2D eigenvalue weighted by molar-refractivity contribution is 6.33. The van der Waals surface area contributed by atoms with Crippen LogP contribution in [-0.4, -0.2) is 32.7 Å². The number of rotatable bonds is 6. The number of anilines is 3. The van der Waals surface area contributed by atoms with E-state index in [4.69, 9.17) is 27.8 Å². The SMILES string of the molecule is COCCNC(=O)CNc1c(N)cc(N)c(Cl)c1F. The highest BCUT2D eigenvalue weighted by Gasteiger charge is 2.14. The van der Waals surface area contributed by atoms with Crippen molar-refractivity contribution in [2.75, 3.05) is 43.6 Å². The molecule has 1 aromatic carbocycles. The van der Waals surface area contributed by atoms with Crippen LogP contribution < -0.4 is 22.1 Å². The molecule has 6 nitrogen and oxygen atoms in total. The Kier molecular flexibility index (Phi) is 5.65. The van der Waals surface area contributed by atoms with E-state index < -0.39 is 5.82 Å². The summed E-state index contributed by atoms with van der Waals surface area (Å²) in [6.07, 6.45) is 0. The van der Waals surface area contributed by atoms with E-state index in [9.17, 15) is 9.18 Å². The summed E-state index contributed by atoms with van der Waals surface area (Å²) in [7, 11) is 1.52. The van der Waals surface area contributed by atoms with Crippen molar-refractivity contribution in [3.05, 3.63) is 16.9 Å². The number of hydrogen-bond donors (Lipinski definition) is 4. The van der Waals surface area contributed by atoms with E-state index in [0.29, 0.717) is 13.2 Å². The molecule has 0 aromatic heterocycles. The number of nitrogens with two attached hydrogens (primary N) is 2. The topological polar surface area (TPSA) is 102 Å². The number of nitrogens with one attached hydrogen (secondary N) is 2. The first-order valence-electron chi connectivity index (χ1n) is 5.49. The van der Waals surface area contributed by atoms with E-state index in [1.165, 1.54) is 13.2 Å². The number of ether oxygens (including phenoxy) is 1. The normalized spacial score (nSPS) is 10.3. The van der Waals surface area contributed by atoms with Gasteiger partial charge in [0.1, 0.15) is 5.02 Å². The smallest absolute Gasteiger partial charge is 0.239 e. The summed E-state index contributed by atoms with van der Waals surface area (Å²) >= 11 is 5.66. The molecule has 0 saturated carbocycles. The third-order valence-corrected chi connectivity index (χ3v) is 2.70. The van der Waals surface area contributed by atoms with E-state index in [1.807, 2.05) is 0 Å². The van der Waals surface area contributed by atoms with Crippen LogP contribution in [0.3, 0.4) is 0 Å². The van der Waals surface area contributed by atoms with Crippen LogP contribution in [0.4, 0.5) is 21.5 Å². The van der Waals surface area contributed by atoms with Crippen molar-refractivity contribution < 1.29 is 13.9 Å². The van der Waals surface area contributed by atoms with Crippen LogP contribution in [0.1, 0.15) is 0 Å². The van der Waals surface area contributed by atoms with Gasteiger partial charge in [0.05, 0.1) is 30.2 Å². The Morgan fingerprint density at radius 3 is 2.79 bits per heavy atom. The van der Waals surface area contributed by atoms with Gasteiger partial charge in [-0.3, -0.25) is 4.79 Å². The van der Waals surface area contributed by atoms with Crippen molar-refractivity contribution in [1.29, 1.82) is 0 Å². The highest BCUT2D eigenvalue weighted by atomic mass is 35.5. The molecule has 19 heavy (non-hydrogen) atoms. The molecule has 0 saturated heterocycles. The van der Waals surface area contributed by atoms with Gasteiger partial charge in [-0.25, -0.2) is 4.39 Å². The first-order chi connectivity index (χ1) is 8.97. The summed E-state index contributed by atoms with van der Waals surface area (Å²) in [5.41, 5.74) is 11.2. The lowest BCUT2D eigenvalue weighted by Crippen LogP contribution is -2.32. The summed E-state index contributed by atoms with van der Waals surface area (Å²) in [5, 5.41) is 4.93. The minimum atomic E-state index is -0.774. The lowest BCUT2D eigenvalue weighted by molar-refractivity contribution is -0.119. The van der Waals surface area contributed by atoms with Crippen LogP contribution in [0.25, 0.3) is 0 Å². The summed E-state index contributed by atoms with van der Waals surface area (Å²) in [4.78, 5) is 11.4. The Hall–Kier alpha value is -1.73. The second-order valence-electron chi connectivity index (χ2n) is 3.75. The van der Waals surface area contributed by atoms with Gasteiger partial charge in [-0.15, -0.1) is 0 Å². The van der Waals surface area contributed by atoms with E-state index in [0.717, 1.165) is 0 Å². The molecule has 0 unspecified atom stereocenters. The number of benzene rings is 1. The molecule has 0 aliphatic rings. The van der Waals surface area contributed by atoms with Crippen LogP contribution >= 0.6 is 11.6 Å². The van der Waals surface area contributed by atoms with E-state index in [-0.39, 0.29) is 34.5 Å². The van der Waals surface area contributed by atoms with Gasteiger partial charge in [0, 0.05) is 13.7 Å². The Bertz CT molecular complexity index is 470. The van der Waals surface area contributed by atoms with Crippen molar-refractivity contribution in [3.8, 4) is 0 Å². The number of carbonyl (C=O) groups excluding carboxylic acids is 1. The lowest BCUT2D eigenvalue weighted by Gasteiger charge is -2.12. The maximum absolute atomic E-state index is 13.8. The Morgan fingerprint density at radius 2 is 2.16 bits per heavy atom. The summed E-state index contributed by atoms with van der Waals surface area (Å²) in [6.45, 7) is 0.637. The van der Waals surface area contributed by atoms with E-state index >= 15 is 0 Å². The number of carbonyl (C=O) groups is 1. The quantitative estimate of drug-likeness (QED) is 0.459. The molecule has 0 fully saturated rings. The molecule has 0 atom stereocenters. The van der Waals surface area contributed by atoms with Crippen LogP contribution in [0.15, 0.2) is 6.07 Å². The molecule has 1 amide bonds. The van der Waals surface area contributed by atoms with Crippen LogP contribution in [-0.2, 0) is 9.53 Å². The predicted octanol–water partition coefficient (Wildman–Crippen LogP) is 0.818. The summed E-state index contributed by atoms with van der Waals surface area (Å²) in [6, 6.07) is 1.33. The second kappa shape index (κ2) is 7.01. The molecule has 6 N–H and O–H groups in total. The average Bonchev–Trinajstić information content (AvgIpc) is 2.36. The molecule has 0 aliphatic heterocycles. The van der Waals surface area contributed by atoms with E-state index in [1.54, 1.807) is 0 Å². The number of halogens is 2. The van der Waals surface area contributed by atoms with Gasteiger partial charge in [0.25, 0.3) is 0 Å². The molecule has 1 rings (SSSR count). The molecule has 0 radical (unpaired) electrons. The van der Waals surface area contributed by atoms with Gasteiger partial charge in [-0.1, -0.05) is 11.6 Å². The van der Waals surface area contributed by atoms with Gasteiger partial charge in [0.2, 0.25) is 5.91 Å². The van der Waals surface area contributed by atoms with Crippen molar-refractivity contribution in [1.82, 2.24) is 5.32 Å². The first-order valence-corrected chi connectivity index (χ1v) is 5.87. The molecule has 1 aromatic rings. The second-order valence-corrected chi connectivity index (χ2v) is 4.13. The maximum atomic E-state index is 13.8. The largest absolute Gasteiger partial charge is 0.397 e. The first kappa shape index (κ1) is 15.3. The maximum Gasteiger partial charge on any atom is 0.239 e. The summed E-state index contributed by atoms with van der Waals surface area (Å²) in [5.74, 6) is -1.09. The third kappa shape index (κ3) is 4.15. The van der Waals surface area contributed by atoms with Crippen molar-refractivity contribution >= 4 is 34.6 Å². The number of hydrogen-bond acceptors (Lipinski definition) is 5. The Labute approximate surface area is 115 Å². The zero-order valence-corrected chi connectivity index (χ0v) is 11.2. The van der Waals surface area contributed by atoms with Gasteiger partial charge >= 0.3 is 0 Å². The van der Waals surface area contributed by atoms with E-state index in [2.05, 4.69) is 10.6 Å². The fourth-order valence-electron chi connectivity index (χ4n) is 1.37. The van der Waals surface area contributed by atoms with Crippen LogP contribution in [0.2, 0.25) is 5.02 Å². The van der Waals surface area contributed by atoms with Gasteiger partial charge in [-0.05, 0) is 6.07 Å². The molecule has 8 heteroatoms. The third-order valence-electron chi connectivity index (χ3n) is 2.32. The molecule has 106 valence electrons. The number of nitrogen functional groups attached to an aromatic ring is 2. The number of amides is 1. The fourth-order valence-corrected chi connectivity index (χ4v) is 1.52. The van der Waals surface area contributed by atoms with Crippen molar-refractivity contribution in [2.24, 2.45) is 0 Å². The van der Waals surface area contributed by atoms with Crippen LogP contribution in [0, 0.1) is 5.82 Å². The molecule has 0 aliphatic carbocycles. The molecule has 0 bridgehead atoms. The predicted molar refractivity (Wildman–Crippen MR) is 73.6 cm³/mol. The lowest BCUT2D eigenvalue weighted by atomic mass is 10.2. The Morgan fingerprint density at radius 1 is 1.47 bits per heavy atom. The zero-order valence-electron chi connectivity index (χ0n) is 10.4.